The molecule has 0 aliphatic heterocycles. The van der Waals surface area contributed by atoms with E-state index in [1.54, 1.807) is 6.07 Å². The van der Waals surface area contributed by atoms with Crippen molar-refractivity contribution in [1.29, 1.82) is 0 Å². The van der Waals surface area contributed by atoms with Crippen LogP contribution in [0, 0.1) is 15.3 Å². The zero-order chi connectivity index (χ0) is 12.1. The zero-order valence-corrected chi connectivity index (χ0v) is 11.8. The second-order valence-corrected chi connectivity index (χ2v) is 5.48. The van der Waals surface area contributed by atoms with E-state index in [-0.39, 0.29) is 5.82 Å². The maximum atomic E-state index is 13.3. The van der Waals surface area contributed by atoms with Crippen LogP contribution in [0.3, 0.4) is 0 Å². The summed E-state index contributed by atoms with van der Waals surface area (Å²) in [6.45, 7) is 5.22. The van der Waals surface area contributed by atoms with Crippen molar-refractivity contribution < 1.29 is 4.39 Å². The minimum Gasteiger partial charge on any atom is -0.397 e. The first-order valence-corrected chi connectivity index (χ1v) is 6.57. The van der Waals surface area contributed by atoms with Crippen LogP contribution in [0.15, 0.2) is 12.1 Å². The Bertz CT molecular complexity index is 353. The topological polar surface area (TPSA) is 38.0 Å². The largest absolute Gasteiger partial charge is 0.397 e. The van der Waals surface area contributed by atoms with Gasteiger partial charge < -0.3 is 11.1 Å². The summed E-state index contributed by atoms with van der Waals surface area (Å²) in [7, 11) is 0. The molecule has 0 radical (unpaired) electrons. The number of nitrogen functional groups attached to an aromatic ring is 1. The molecule has 0 atom stereocenters. The summed E-state index contributed by atoms with van der Waals surface area (Å²) in [5, 5.41) is 3.17. The number of rotatable bonds is 5. The second-order valence-electron chi connectivity index (χ2n) is 4.32. The Hall–Kier alpha value is -0.520. The maximum absolute atomic E-state index is 13.3. The van der Waals surface area contributed by atoms with Crippen molar-refractivity contribution in [3.8, 4) is 0 Å². The number of nitrogens with two attached hydrogens (primary N) is 1. The lowest BCUT2D eigenvalue weighted by Gasteiger charge is -2.11. The fourth-order valence-electron chi connectivity index (χ4n) is 1.45. The smallest absolute Gasteiger partial charge is 0.138 e. The molecule has 0 aromatic heterocycles. The average Bonchev–Trinajstić information content (AvgIpc) is 2.19. The van der Waals surface area contributed by atoms with Crippen molar-refractivity contribution in [3.05, 3.63) is 21.5 Å². The summed E-state index contributed by atoms with van der Waals surface area (Å²) in [5.41, 5.74) is 7.10. The molecule has 0 bridgehead atoms. The summed E-state index contributed by atoms with van der Waals surface area (Å²) >= 11 is 1.94. The highest BCUT2D eigenvalue weighted by Crippen LogP contribution is 2.24. The SMILES string of the molecule is CC(C)CCCNc1cc(F)c(I)cc1N. The molecule has 0 unspecified atom stereocenters. The Balaban J connectivity index is 2.51. The fraction of sp³-hybridized carbons (Fsp3) is 0.500. The van der Waals surface area contributed by atoms with E-state index in [1.807, 2.05) is 22.6 Å². The molecule has 0 aliphatic carbocycles. The summed E-state index contributed by atoms with van der Waals surface area (Å²) in [4.78, 5) is 0. The Labute approximate surface area is 110 Å². The molecule has 0 saturated heterocycles. The van der Waals surface area contributed by atoms with Gasteiger partial charge in [0.05, 0.1) is 14.9 Å². The van der Waals surface area contributed by atoms with Crippen LogP contribution in [0.5, 0.6) is 0 Å². The van der Waals surface area contributed by atoms with Crippen LogP contribution in [0.4, 0.5) is 15.8 Å². The van der Waals surface area contributed by atoms with Gasteiger partial charge in [0.2, 0.25) is 0 Å². The first kappa shape index (κ1) is 13.5. The molecule has 0 aliphatic rings. The molecule has 4 heteroatoms. The molecule has 1 aromatic carbocycles. The highest BCUT2D eigenvalue weighted by molar-refractivity contribution is 14.1. The molecule has 0 heterocycles. The third-order valence-corrected chi connectivity index (χ3v) is 3.19. The molecule has 0 fully saturated rings. The molecule has 16 heavy (non-hydrogen) atoms. The summed E-state index contributed by atoms with van der Waals surface area (Å²) < 4.78 is 13.9. The third kappa shape index (κ3) is 4.15. The lowest BCUT2D eigenvalue weighted by molar-refractivity contribution is 0.567. The monoisotopic (exact) mass is 336 g/mol. The Morgan fingerprint density at radius 1 is 1.44 bits per heavy atom. The van der Waals surface area contributed by atoms with E-state index in [1.165, 1.54) is 12.5 Å². The van der Waals surface area contributed by atoms with Crippen molar-refractivity contribution in [3.63, 3.8) is 0 Å². The van der Waals surface area contributed by atoms with Crippen molar-refractivity contribution in [2.24, 2.45) is 5.92 Å². The van der Waals surface area contributed by atoms with E-state index in [4.69, 9.17) is 5.73 Å². The van der Waals surface area contributed by atoms with E-state index < -0.39 is 0 Å². The van der Waals surface area contributed by atoms with Gasteiger partial charge in [-0.05, 0) is 47.4 Å². The highest BCUT2D eigenvalue weighted by Gasteiger charge is 2.05. The van der Waals surface area contributed by atoms with Crippen LogP contribution in [-0.2, 0) is 0 Å². The Kier molecular flexibility index (Phi) is 5.31. The number of benzene rings is 1. The summed E-state index contributed by atoms with van der Waals surface area (Å²) in [6, 6.07) is 3.12. The standard InChI is InChI=1S/C12H18FIN2/c1-8(2)4-3-5-16-12-6-9(13)10(14)7-11(12)15/h6-8,16H,3-5,15H2,1-2H3. The number of hydrogen-bond donors (Lipinski definition) is 2. The molecular weight excluding hydrogens is 318 g/mol. The lowest BCUT2D eigenvalue weighted by Crippen LogP contribution is -2.06. The minimum atomic E-state index is -0.221. The molecule has 0 spiro atoms. The van der Waals surface area contributed by atoms with Gasteiger partial charge >= 0.3 is 0 Å². The average molecular weight is 336 g/mol. The van der Waals surface area contributed by atoms with Gasteiger partial charge in [-0.3, -0.25) is 0 Å². The maximum Gasteiger partial charge on any atom is 0.138 e. The molecule has 0 saturated carbocycles. The quantitative estimate of drug-likeness (QED) is 0.487. The van der Waals surface area contributed by atoms with Crippen LogP contribution >= 0.6 is 22.6 Å². The van der Waals surface area contributed by atoms with E-state index in [2.05, 4.69) is 19.2 Å². The number of anilines is 2. The molecule has 90 valence electrons. The predicted molar refractivity (Wildman–Crippen MR) is 76.1 cm³/mol. The highest BCUT2D eigenvalue weighted by atomic mass is 127. The van der Waals surface area contributed by atoms with Gasteiger partial charge in [-0.1, -0.05) is 13.8 Å². The van der Waals surface area contributed by atoms with Crippen LogP contribution in [0.25, 0.3) is 0 Å². The van der Waals surface area contributed by atoms with Crippen molar-refractivity contribution in [1.82, 2.24) is 0 Å². The normalized spacial score (nSPS) is 10.8. The first-order chi connectivity index (χ1) is 7.50. The summed E-state index contributed by atoms with van der Waals surface area (Å²) in [5.74, 6) is 0.480. The van der Waals surface area contributed by atoms with Crippen LogP contribution in [-0.4, -0.2) is 6.54 Å². The summed E-state index contributed by atoms with van der Waals surface area (Å²) in [6.07, 6.45) is 2.24. The van der Waals surface area contributed by atoms with Gasteiger partial charge in [0.15, 0.2) is 0 Å². The zero-order valence-electron chi connectivity index (χ0n) is 9.69. The number of halogens is 2. The van der Waals surface area contributed by atoms with Gasteiger partial charge in [-0.2, -0.15) is 0 Å². The Morgan fingerprint density at radius 3 is 2.75 bits per heavy atom. The van der Waals surface area contributed by atoms with Gasteiger partial charge in [0.1, 0.15) is 5.82 Å². The molecule has 2 nitrogen and oxygen atoms in total. The van der Waals surface area contributed by atoms with E-state index in [9.17, 15) is 4.39 Å². The minimum absolute atomic E-state index is 0.221. The van der Waals surface area contributed by atoms with Gasteiger partial charge in [0.25, 0.3) is 0 Å². The van der Waals surface area contributed by atoms with Crippen LogP contribution < -0.4 is 11.1 Å². The lowest BCUT2D eigenvalue weighted by atomic mass is 10.1. The van der Waals surface area contributed by atoms with Crippen molar-refractivity contribution in [2.45, 2.75) is 26.7 Å². The molecule has 1 aromatic rings. The molecule has 3 N–H and O–H groups in total. The van der Waals surface area contributed by atoms with Gasteiger partial charge in [-0.25, -0.2) is 4.39 Å². The third-order valence-electron chi connectivity index (χ3n) is 2.37. The number of hydrogen-bond acceptors (Lipinski definition) is 2. The second kappa shape index (κ2) is 6.27. The van der Waals surface area contributed by atoms with Crippen molar-refractivity contribution >= 4 is 34.0 Å². The van der Waals surface area contributed by atoms with Crippen LogP contribution in [0.1, 0.15) is 26.7 Å². The van der Waals surface area contributed by atoms with E-state index in [0.29, 0.717) is 20.9 Å². The Morgan fingerprint density at radius 2 is 2.12 bits per heavy atom. The molecular formula is C12H18FIN2. The van der Waals surface area contributed by atoms with Gasteiger partial charge in [-0.15, -0.1) is 0 Å². The first-order valence-electron chi connectivity index (χ1n) is 5.49. The molecule has 1 rings (SSSR count). The van der Waals surface area contributed by atoms with Crippen molar-refractivity contribution in [2.75, 3.05) is 17.6 Å². The molecule has 0 amide bonds. The predicted octanol–water partition coefficient (Wildman–Crippen LogP) is 3.86. The van der Waals surface area contributed by atoms with Crippen LogP contribution in [0.2, 0.25) is 0 Å². The van der Waals surface area contributed by atoms with Gasteiger partial charge in [0, 0.05) is 12.6 Å². The fourth-order valence-corrected chi connectivity index (χ4v) is 1.94. The number of nitrogens with one attached hydrogen (secondary N) is 1. The van der Waals surface area contributed by atoms with E-state index in [0.717, 1.165) is 13.0 Å². The van der Waals surface area contributed by atoms with E-state index >= 15 is 0 Å².